The number of fused-ring (bicyclic) bond motifs is 12. The van der Waals surface area contributed by atoms with Crippen LogP contribution in [0.3, 0.4) is 0 Å². The lowest BCUT2D eigenvalue weighted by Gasteiger charge is -2.57. The van der Waals surface area contributed by atoms with Crippen molar-refractivity contribution in [3.05, 3.63) is 56.1 Å². The average molecular weight is 603 g/mol. The summed E-state index contributed by atoms with van der Waals surface area (Å²) in [7, 11) is 9.79. The zero-order valence-electron chi connectivity index (χ0n) is 26.6. The van der Waals surface area contributed by atoms with E-state index in [1.54, 1.807) is 51.7 Å². The molecule has 0 spiro atoms. The number of hydrogen-bond acceptors (Lipinski definition) is 8. The van der Waals surface area contributed by atoms with Gasteiger partial charge in [-0.15, -0.1) is 0 Å². The lowest BCUT2D eigenvalue weighted by atomic mass is 9.56. The molecule has 2 aromatic carbocycles. The van der Waals surface area contributed by atoms with Gasteiger partial charge in [-0.05, 0) is 57.9 Å². The molecule has 1 saturated carbocycles. The van der Waals surface area contributed by atoms with E-state index >= 15 is 0 Å². The second kappa shape index (κ2) is 9.33. The number of rotatable bonds is 4. The van der Waals surface area contributed by atoms with Crippen molar-refractivity contribution in [1.82, 2.24) is 9.13 Å². The van der Waals surface area contributed by atoms with E-state index in [2.05, 4.69) is 20.8 Å². The van der Waals surface area contributed by atoms with Gasteiger partial charge in [0, 0.05) is 42.6 Å². The van der Waals surface area contributed by atoms with Gasteiger partial charge in [-0.1, -0.05) is 0 Å². The summed E-state index contributed by atoms with van der Waals surface area (Å²) in [5.41, 5.74) is 0.791. The second-order valence-corrected chi connectivity index (χ2v) is 13.0. The van der Waals surface area contributed by atoms with E-state index < -0.39 is 11.2 Å². The van der Waals surface area contributed by atoms with Crippen LogP contribution in [-0.4, -0.2) is 48.8 Å². The molecule has 10 heteroatoms. The Kier molecular flexibility index (Phi) is 6.03. The monoisotopic (exact) mass is 602 g/mol. The molecule has 10 nitrogen and oxygen atoms in total. The Labute approximate surface area is 255 Å². The summed E-state index contributed by atoms with van der Waals surface area (Å²) in [5.74, 6) is 2.56. The number of aryl methyl sites for hydroxylation is 2. The maximum Gasteiger partial charge on any atom is 0.258 e. The van der Waals surface area contributed by atoms with Crippen LogP contribution in [0.2, 0.25) is 0 Å². The molecule has 1 unspecified atom stereocenters. The third-order valence-electron chi connectivity index (χ3n) is 10.2. The van der Waals surface area contributed by atoms with Gasteiger partial charge in [-0.25, -0.2) is 0 Å². The lowest BCUT2D eigenvalue weighted by Crippen LogP contribution is -2.58. The quantitative estimate of drug-likeness (QED) is 0.321. The summed E-state index contributed by atoms with van der Waals surface area (Å²) in [6, 6.07) is 7.53. The van der Waals surface area contributed by atoms with Crippen molar-refractivity contribution in [2.75, 3.05) is 28.4 Å². The highest BCUT2D eigenvalue weighted by Gasteiger charge is 2.59. The third kappa shape index (κ3) is 3.53. The van der Waals surface area contributed by atoms with Gasteiger partial charge >= 0.3 is 0 Å². The van der Waals surface area contributed by atoms with Crippen LogP contribution >= 0.6 is 0 Å². The van der Waals surface area contributed by atoms with Gasteiger partial charge < -0.3 is 37.6 Å². The highest BCUT2D eigenvalue weighted by molar-refractivity contribution is 5.95. The Morgan fingerprint density at radius 1 is 0.682 bits per heavy atom. The van der Waals surface area contributed by atoms with E-state index in [0.29, 0.717) is 69.5 Å². The maximum atomic E-state index is 14.3. The van der Waals surface area contributed by atoms with Crippen LogP contribution in [-0.2, 0) is 14.1 Å². The van der Waals surface area contributed by atoms with Gasteiger partial charge in [0.2, 0.25) is 0 Å². The molecule has 0 amide bonds. The molecule has 2 aromatic heterocycles. The van der Waals surface area contributed by atoms with Crippen molar-refractivity contribution < 1.29 is 28.4 Å². The van der Waals surface area contributed by atoms with Crippen molar-refractivity contribution in [3.63, 3.8) is 0 Å². The molecule has 2 bridgehead atoms. The molecule has 0 radical (unpaired) electrons. The van der Waals surface area contributed by atoms with E-state index in [1.807, 2.05) is 24.3 Å². The van der Waals surface area contributed by atoms with Crippen LogP contribution in [0.4, 0.5) is 0 Å². The molecule has 4 aromatic rings. The molecular formula is C34H38N2O8. The fraction of sp³-hybridized carbons (Fsp3) is 0.471. The Bertz CT molecular complexity index is 1890. The van der Waals surface area contributed by atoms with Gasteiger partial charge in [0.25, 0.3) is 11.1 Å². The molecule has 1 aliphatic carbocycles. The molecule has 4 heterocycles. The highest BCUT2D eigenvalue weighted by Crippen LogP contribution is 2.63. The van der Waals surface area contributed by atoms with Crippen LogP contribution in [0, 0.1) is 5.92 Å². The summed E-state index contributed by atoms with van der Waals surface area (Å²) in [5, 5.41) is 1.56. The SMILES string of the molecule is COc1ccc2c3c(c(=O)n(C)c2c1OC)[C@H]1C[C@]2(C)C[C@H](c4c(c5ccc(OC)c(OC)c5n(C)c4=O)O2)C1C(C)(C)O3. The number of nitrogens with zero attached hydrogens (tertiary/aromatic N) is 2. The lowest BCUT2D eigenvalue weighted by molar-refractivity contribution is -0.0798. The van der Waals surface area contributed by atoms with Gasteiger partial charge in [0.05, 0.1) is 39.6 Å². The van der Waals surface area contributed by atoms with E-state index in [1.165, 1.54) is 0 Å². The number of pyridine rings is 2. The zero-order valence-corrected chi connectivity index (χ0v) is 26.6. The third-order valence-corrected chi connectivity index (χ3v) is 10.2. The minimum atomic E-state index is -0.720. The van der Waals surface area contributed by atoms with Crippen LogP contribution < -0.4 is 39.5 Å². The number of hydrogen-bond donors (Lipinski definition) is 0. The molecular weight excluding hydrogens is 564 g/mol. The molecule has 7 rings (SSSR count). The average Bonchev–Trinajstić information content (AvgIpc) is 2.99. The van der Waals surface area contributed by atoms with Crippen molar-refractivity contribution in [3.8, 4) is 34.5 Å². The minimum absolute atomic E-state index is 0.156. The molecule has 3 aliphatic rings. The largest absolute Gasteiger partial charge is 0.493 e. The number of benzene rings is 2. The van der Waals surface area contributed by atoms with Crippen LogP contribution in [0.1, 0.15) is 56.6 Å². The fourth-order valence-electron chi connectivity index (χ4n) is 8.52. The van der Waals surface area contributed by atoms with E-state index in [-0.39, 0.29) is 28.9 Å². The Balaban J connectivity index is 1.51. The molecule has 4 atom stereocenters. The van der Waals surface area contributed by atoms with Crippen LogP contribution in [0.25, 0.3) is 21.8 Å². The Hall–Kier alpha value is -4.34. The summed E-state index contributed by atoms with van der Waals surface area (Å²) in [6.07, 6.45) is 1.22. The van der Waals surface area contributed by atoms with Gasteiger partial charge in [0.1, 0.15) is 33.7 Å². The smallest absolute Gasteiger partial charge is 0.258 e. The van der Waals surface area contributed by atoms with E-state index in [0.717, 1.165) is 10.8 Å². The number of methoxy groups -OCH3 is 4. The molecule has 2 aliphatic heterocycles. The predicted molar refractivity (Wildman–Crippen MR) is 167 cm³/mol. The predicted octanol–water partition coefficient (Wildman–Crippen LogP) is 5.02. The van der Waals surface area contributed by atoms with Crippen molar-refractivity contribution >= 4 is 21.8 Å². The first-order chi connectivity index (χ1) is 20.9. The second-order valence-electron chi connectivity index (χ2n) is 13.0. The Morgan fingerprint density at radius 3 is 1.52 bits per heavy atom. The van der Waals surface area contributed by atoms with Crippen molar-refractivity contribution in [1.29, 1.82) is 0 Å². The van der Waals surface area contributed by atoms with Crippen LogP contribution in [0.5, 0.6) is 34.5 Å². The maximum absolute atomic E-state index is 14.3. The highest BCUT2D eigenvalue weighted by atomic mass is 16.5. The summed E-state index contributed by atoms with van der Waals surface area (Å²) >= 11 is 0. The van der Waals surface area contributed by atoms with Crippen LogP contribution in [0.15, 0.2) is 33.9 Å². The fourth-order valence-corrected chi connectivity index (χ4v) is 8.52. The number of ether oxygens (including phenoxy) is 6. The molecule has 1 fully saturated rings. The molecule has 0 N–H and O–H groups in total. The van der Waals surface area contributed by atoms with Crippen molar-refractivity contribution in [2.45, 2.75) is 56.7 Å². The van der Waals surface area contributed by atoms with Gasteiger partial charge in [-0.3, -0.25) is 9.59 Å². The van der Waals surface area contributed by atoms with E-state index in [4.69, 9.17) is 28.4 Å². The topological polar surface area (TPSA) is 99.4 Å². The molecule has 0 saturated heterocycles. The first kappa shape index (κ1) is 28.4. The normalized spacial score (nSPS) is 24.4. The molecule has 44 heavy (non-hydrogen) atoms. The first-order valence-corrected chi connectivity index (χ1v) is 14.8. The van der Waals surface area contributed by atoms with Crippen molar-refractivity contribution in [2.24, 2.45) is 20.0 Å². The standard InChI is InChI=1S/C34H38N2O8/c1-33(2)24-18(22-27(43-33)16-10-12-20(39-6)29(41-8)25(16)35(4)31(22)37)14-34(3)15-19(24)23-28(44-34)17-11-13-21(40-7)30(42-9)26(17)36(5)32(23)38/h10-13,18-19,24H,14-15H2,1-9H3/t18-,19-,24?,34-/m1/s1. The van der Waals surface area contributed by atoms with E-state index in [9.17, 15) is 9.59 Å². The van der Waals surface area contributed by atoms with Gasteiger partial charge in [0.15, 0.2) is 23.0 Å². The Morgan fingerprint density at radius 2 is 1.11 bits per heavy atom. The summed E-state index contributed by atoms with van der Waals surface area (Å²) in [4.78, 5) is 28.6. The van der Waals surface area contributed by atoms with Gasteiger partial charge in [-0.2, -0.15) is 0 Å². The summed E-state index contributed by atoms with van der Waals surface area (Å²) in [6.45, 7) is 6.22. The number of aromatic nitrogens is 2. The minimum Gasteiger partial charge on any atom is -0.493 e. The zero-order chi connectivity index (χ0) is 31.5. The molecule has 232 valence electrons. The summed E-state index contributed by atoms with van der Waals surface area (Å²) < 4.78 is 39.5. The first-order valence-electron chi connectivity index (χ1n) is 14.8.